The van der Waals surface area contributed by atoms with E-state index in [9.17, 15) is 27.9 Å². The number of aliphatic hydroxyl groups is 1. The molecule has 14 heteroatoms. The van der Waals surface area contributed by atoms with Crippen LogP contribution in [0.5, 0.6) is 5.88 Å². The van der Waals surface area contributed by atoms with Crippen LogP contribution in [0, 0.1) is 0 Å². The average molecular weight is 711 g/mol. The molecule has 0 saturated heterocycles. The maximum absolute atomic E-state index is 13.8. The Morgan fingerprint density at radius 3 is 2.16 bits per heavy atom. The third-order valence-electron chi connectivity index (χ3n) is 7.75. The molecule has 0 saturated carbocycles. The van der Waals surface area contributed by atoms with Crippen molar-refractivity contribution in [1.29, 1.82) is 0 Å². The second-order valence-electron chi connectivity index (χ2n) is 11.6. The number of hydrogen-bond donors (Lipinski definition) is 4. The topological polar surface area (TPSA) is 182 Å². The number of Topliss-reactive ketones (excluding diaryl/α,β-unsaturated/α-hetero) is 1. The number of carbonyl (C=O) groups is 2. The van der Waals surface area contributed by atoms with Gasteiger partial charge in [0, 0.05) is 30.8 Å². The SMILES string of the molecule is O=C(Cn1c(-c2ccccc2)ncc(NS(=O)(=O)NCc2ccccc2)c1=O)N[C@@H](Cc1ccccc1)[C@@H](O)C(=O)CCCOc1ccccn1. The summed E-state index contributed by atoms with van der Waals surface area (Å²) >= 11 is 0. The molecule has 2 atom stereocenters. The Hall–Kier alpha value is -5.70. The molecule has 0 unspecified atom stereocenters. The highest BCUT2D eigenvalue weighted by molar-refractivity contribution is 7.90. The van der Waals surface area contributed by atoms with Gasteiger partial charge >= 0.3 is 0 Å². The van der Waals surface area contributed by atoms with Gasteiger partial charge in [-0.05, 0) is 30.0 Å². The highest BCUT2D eigenvalue weighted by Crippen LogP contribution is 2.17. The molecule has 0 aliphatic rings. The van der Waals surface area contributed by atoms with E-state index in [1.807, 2.05) is 6.07 Å². The van der Waals surface area contributed by atoms with Crippen LogP contribution in [0.15, 0.2) is 126 Å². The van der Waals surface area contributed by atoms with Gasteiger partial charge in [0.25, 0.3) is 15.8 Å². The fraction of sp³-hybridized carbons (Fsp3) is 0.216. The summed E-state index contributed by atoms with van der Waals surface area (Å²) in [6.45, 7) is -0.415. The Morgan fingerprint density at radius 2 is 1.49 bits per heavy atom. The number of aromatic nitrogens is 3. The van der Waals surface area contributed by atoms with E-state index in [-0.39, 0.29) is 37.5 Å². The number of carbonyl (C=O) groups excluding carboxylic acids is 2. The number of anilines is 1. The molecule has 0 aliphatic heterocycles. The van der Waals surface area contributed by atoms with Crippen molar-refractivity contribution < 1.29 is 27.9 Å². The molecular weight excluding hydrogens is 673 g/mol. The van der Waals surface area contributed by atoms with E-state index in [0.29, 0.717) is 23.4 Å². The lowest BCUT2D eigenvalue weighted by atomic mass is 9.96. The first-order valence-corrected chi connectivity index (χ1v) is 17.7. The van der Waals surface area contributed by atoms with Gasteiger partial charge in [-0.15, -0.1) is 0 Å². The summed E-state index contributed by atoms with van der Waals surface area (Å²) in [5.74, 6) is -0.673. The zero-order chi connectivity index (χ0) is 36.1. The minimum absolute atomic E-state index is 0.0167. The largest absolute Gasteiger partial charge is 0.478 e. The van der Waals surface area contributed by atoms with Crippen molar-refractivity contribution >= 4 is 27.6 Å². The lowest BCUT2D eigenvalue weighted by Gasteiger charge is -2.24. The number of hydrogen-bond acceptors (Lipinski definition) is 9. The molecule has 4 N–H and O–H groups in total. The van der Waals surface area contributed by atoms with Gasteiger partial charge in [0.05, 0.1) is 18.8 Å². The van der Waals surface area contributed by atoms with Crippen LogP contribution in [0.2, 0.25) is 0 Å². The van der Waals surface area contributed by atoms with E-state index in [4.69, 9.17) is 4.74 Å². The Morgan fingerprint density at radius 1 is 0.843 bits per heavy atom. The molecule has 264 valence electrons. The van der Waals surface area contributed by atoms with Gasteiger partial charge in [-0.25, -0.2) is 9.97 Å². The van der Waals surface area contributed by atoms with Crippen molar-refractivity contribution in [2.45, 2.75) is 44.5 Å². The van der Waals surface area contributed by atoms with Crippen molar-refractivity contribution in [3.05, 3.63) is 143 Å². The number of nitrogens with zero attached hydrogens (tertiary/aromatic N) is 3. The minimum atomic E-state index is -4.21. The molecule has 2 aromatic heterocycles. The molecule has 0 radical (unpaired) electrons. The number of rotatable bonds is 18. The number of pyridine rings is 1. The molecule has 1 amide bonds. The van der Waals surface area contributed by atoms with Crippen LogP contribution in [0.3, 0.4) is 0 Å². The molecule has 5 aromatic rings. The lowest BCUT2D eigenvalue weighted by Crippen LogP contribution is -2.49. The molecule has 3 aromatic carbocycles. The van der Waals surface area contributed by atoms with E-state index < -0.39 is 46.1 Å². The predicted octanol–water partition coefficient (Wildman–Crippen LogP) is 3.27. The third kappa shape index (κ3) is 10.9. The number of ether oxygens (including phenoxy) is 1. The van der Waals surface area contributed by atoms with Gasteiger partial charge in [0.1, 0.15) is 24.2 Å². The number of aliphatic hydroxyl groups excluding tert-OH is 1. The smallest absolute Gasteiger partial charge is 0.299 e. The van der Waals surface area contributed by atoms with Crippen LogP contribution >= 0.6 is 0 Å². The average Bonchev–Trinajstić information content (AvgIpc) is 3.15. The fourth-order valence-electron chi connectivity index (χ4n) is 5.22. The quantitative estimate of drug-likeness (QED) is 0.0993. The van der Waals surface area contributed by atoms with Crippen LogP contribution in [0.1, 0.15) is 24.0 Å². The van der Waals surface area contributed by atoms with Gasteiger partial charge in [-0.3, -0.25) is 23.7 Å². The van der Waals surface area contributed by atoms with Crippen LogP contribution in [0.25, 0.3) is 11.4 Å². The molecule has 51 heavy (non-hydrogen) atoms. The molecule has 0 aliphatic carbocycles. The summed E-state index contributed by atoms with van der Waals surface area (Å²) < 4.78 is 37.0. The van der Waals surface area contributed by atoms with Crippen LogP contribution in [-0.2, 0) is 39.3 Å². The molecule has 13 nitrogen and oxygen atoms in total. The van der Waals surface area contributed by atoms with Gasteiger partial charge in [-0.1, -0.05) is 97.1 Å². The Kier molecular flexibility index (Phi) is 12.8. The summed E-state index contributed by atoms with van der Waals surface area (Å²) in [6, 6.07) is 30.7. The number of ketones is 1. The zero-order valence-corrected chi connectivity index (χ0v) is 28.4. The van der Waals surface area contributed by atoms with E-state index in [1.165, 1.54) is 0 Å². The monoisotopic (exact) mass is 710 g/mol. The van der Waals surface area contributed by atoms with Gasteiger partial charge in [-0.2, -0.15) is 13.1 Å². The fourth-order valence-corrected chi connectivity index (χ4v) is 6.07. The first-order valence-electron chi connectivity index (χ1n) is 16.2. The van der Waals surface area contributed by atoms with Crippen LogP contribution in [0.4, 0.5) is 5.69 Å². The molecule has 0 bridgehead atoms. The second kappa shape index (κ2) is 17.8. The summed E-state index contributed by atoms with van der Waals surface area (Å²) in [6.07, 6.45) is 1.53. The van der Waals surface area contributed by atoms with E-state index >= 15 is 0 Å². The van der Waals surface area contributed by atoms with Crippen molar-refractivity contribution in [3.8, 4) is 17.3 Å². The molecule has 0 spiro atoms. The summed E-state index contributed by atoms with van der Waals surface area (Å²) in [7, 11) is -4.21. The van der Waals surface area contributed by atoms with Crippen LogP contribution in [-0.4, -0.2) is 58.5 Å². The van der Waals surface area contributed by atoms with Crippen molar-refractivity contribution in [3.63, 3.8) is 0 Å². The van der Waals surface area contributed by atoms with E-state index in [0.717, 1.165) is 16.3 Å². The summed E-state index contributed by atoms with van der Waals surface area (Å²) in [5.41, 5.74) is 0.762. The molecule has 2 heterocycles. The first-order chi connectivity index (χ1) is 24.7. The van der Waals surface area contributed by atoms with Gasteiger partial charge in [0.15, 0.2) is 5.78 Å². The first kappa shape index (κ1) is 36.6. The number of benzene rings is 3. The molecule has 5 rings (SSSR count). The van der Waals surface area contributed by atoms with Crippen molar-refractivity contribution in [1.82, 2.24) is 24.6 Å². The highest BCUT2D eigenvalue weighted by atomic mass is 32.2. The lowest BCUT2D eigenvalue weighted by molar-refractivity contribution is -0.130. The summed E-state index contributed by atoms with van der Waals surface area (Å²) in [4.78, 5) is 49.0. The number of amides is 1. The van der Waals surface area contributed by atoms with E-state index in [1.54, 1.807) is 109 Å². The van der Waals surface area contributed by atoms with Crippen molar-refractivity contribution in [2.24, 2.45) is 0 Å². The van der Waals surface area contributed by atoms with Crippen LogP contribution < -0.4 is 25.1 Å². The van der Waals surface area contributed by atoms with Gasteiger partial charge < -0.3 is 15.2 Å². The second-order valence-corrected chi connectivity index (χ2v) is 13.1. The molecule has 0 fully saturated rings. The summed E-state index contributed by atoms with van der Waals surface area (Å²) in [5, 5.41) is 13.9. The predicted molar refractivity (Wildman–Crippen MR) is 192 cm³/mol. The normalized spacial score (nSPS) is 12.4. The van der Waals surface area contributed by atoms with E-state index in [2.05, 4.69) is 24.7 Å². The highest BCUT2D eigenvalue weighted by Gasteiger charge is 2.28. The Bertz CT molecular complexity index is 2050. The maximum Gasteiger partial charge on any atom is 0.299 e. The Balaban J connectivity index is 1.33. The van der Waals surface area contributed by atoms with Gasteiger partial charge in [0.2, 0.25) is 11.8 Å². The molecular formula is C37H38N6O7S. The maximum atomic E-state index is 13.8. The number of nitrogens with one attached hydrogen (secondary N) is 3. The Labute approximate surface area is 295 Å². The standard InChI is InChI=1S/C37H38N6O7S/c44-32(19-12-22-50-34-20-10-11-21-38-34)35(46)30(23-27-13-4-1-5-14-27)41-33(45)26-43-36(29-17-8-3-9-18-29)39-25-31(37(43)47)42-51(48,49)40-24-28-15-6-2-7-16-28/h1-11,13-18,20-21,25,30,35,40,42,46H,12,19,22-24,26H2,(H,41,45)/t30-,35+/m0/s1. The third-order valence-corrected chi connectivity index (χ3v) is 8.76. The van der Waals surface area contributed by atoms with Crippen molar-refractivity contribution in [2.75, 3.05) is 11.3 Å². The zero-order valence-electron chi connectivity index (χ0n) is 27.6. The minimum Gasteiger partial charge on any atom is -0.478 e.